The number of carbonyl (C=O) groups excluding carboxylic acids is 3. The Morgan fingerprint density at radius 2 is 1.48 bits per heavy atom. The van der Waals surface area contributed by atoms with Crippen molar-refractivity contribution in [1.82, 2.24) is 5.32 Å². The lowest BCUT2D eigenvalue weighted by molar-refractivity contribution is -0.160. The topological polar surface area (TPSA) is 98.5 Å². The number of nitrogens with two attached hydrogens (primary N) is 1. The Morgan fingerprint density at radius 3 is 1.88 bits per heavy atom. The number of amides is 2. The molecule has 0 spiro atoms. The highest BCUT2D eigenvalue weighted by molar-refractivity contribution is 5.89. The molecule has 25 heavy (non-hydrogen) atoms. The number of rotatable bonds is 6. The highest BCUT2D eigenvalue weighted by Gasteiger charge is 2.55. The van der Waals surface area contributed by atoms with Crippen LogP contribution in [0.4, 0.5) is 0 Å². The summed E-state index contributed by atoms with van der Waals surface area (Å²) in [6, 6.07) is -0.748. The quantitative estimate of drug-likeness (QED) is 0.713. The Kier molecular flexibility index (Phi) is 4.82. The zero-order valence-corrected chi connectivity index (χ0v) is 15.4. The van der Waals surface area contributed by atoms with Crippen molar-refractivity contribution < 1.29 is 19.1 Å². The van der Waals surface area contributed by atoms with Gasteiger partial charge in [0, 0.05) is 5.41 Å². The van der Waals surface area contributed by atoms with Crippen LogP contribution in [0.1, 0.15) is 59.3 Å². The first-order valence-electron chi connectivity index (χ1n) is 9.51. The summed E-state index contributed by atoms with van der Waals surface area (Å²) in [6.07, 6.45) is 5.63. The van der Waals surface area contributed by atoms with Gasteiger partial charge in [-0.3, -0.25) is 9.59 Å². The van der Waals surface area contributed by atoms with Gasteiger partial charge in [-0.05, 0) is 69.1 Å². The van der Waals surface area contributed by atoms with Crippen LogP contribution in [0, 0.1) is 29.1 Å². The van der Waals surface area contributed by atoms with Gasteiger partial charge in [-0.1, -0.05) is 13.8 Å². The largest absolute Gasteiger partial charge is 0.451 e. The summed E-state index contributed by atoms with van der Waals surface area (Å²) in [5.41, 5.74) is 4.85. The second-order valence-electron chi connectivity index (χ2n) is 8.87. The van der Waals surface area contributed by atoms with Crippen molar-refractivity contribution in [2.24, 2.45) is 34.8 Å². The molecule has 0 unspecified atom stereocenters. The minimum absolute atomic E-state index is 0.00558. The smallest absolute Gasteiger partial charge is 0.329 e. The Morgan fingerprint density at radius 1 is 1.00 bits per heavy atom. The van der Waals surface area contributed by atoms with Crippen LogP contribution in [0.5, 0.6) is 0 Å². The Labute approximate surface area is 149 Å². The number of carbonyl (C=O) groups is 3. The third-order valence-corrected chi connectivity index (χ3v) is 6.42. The first-order valence-corrected chi connectivity index (χ1v) is 9.51. The summed E-state index contributed by atoms with van der Waals surface area (Å²) < 4.78 is 5.13. The molecule has 0 aromatic heterocycles. The summed E-state index contributed by atoms with van der Waals surface area (Å²) >= 11 is 0. The molecule has 3 N–H and O–H groups in total. The van der Waals surface area contributed by atoms with E-state index in [0.717, 1.165) is 19.3 Å². The summed E-state index contributed by atoms with van der Waals surface area (Å²) in [5, 5.41) is 2.95. The zero-order valence-electron chi connectivity index (χ0n) is 15.4. The maximum absolute atomic E-state index is 13.1. The number of esters is 1. The van der Waals surface area contributed by atoms with Crippen molar-refractivity contribution in [3.8, 4) is 0 Å². The van der Waals surface area contributed by atoms with Gasteiger partial charge in [0.2, 0.25) is 5.91 Å². The van der Waals surface area contributed by atoms with Gasteiger partial charge in [-0.25, -0.2) is 4.79 Å². The molecule has 0 aromatic carbocycles. The number of primary amides is 1. The Bertz CT molecular complexity index is 536. The van der Waals surface area contributed by atoms with E-state index in [-0.39, 0.29) is 17.2 Å². The van der Waals surface area contributed by atoms with E-state index in [1.165, 1.54) is 26.2 Å². The first-order chi connectivity index (χ1) is 11.7. The van der Waals surface area contributed by atoms with Crippen LogP contribution in [0.2, 0.25) is 0 Å². The van der Waals surface area contributed by atoms with Crippen LogP contribution in [-0.2, 0) is 19.1 Å². The molecule has 4 aliphatic carbocycles. The van der Waals surface area contributed by atoms with Gasteiger partial charge in [0.25, 0.3) is 5.91 Å². The number of nitrogens with one attached hydrogen (secondary N) is 1. The Balaban J connectivity index is 1.69. The second kappa shape index (κ2) is 6.61. The van der Waals surface area contributed by atoms with E-state index < -0.39 is 24.0 Å². The average Bonchev–Trinajstić information content (AvgIpc) is 2.50. The fourth-order valence-electron chi connectivity index (χ4n) is 5.49. The van der Waals surface area contributed by atoms with Crippen LogP contribution >= 0.6 is 0 Å². The lowest BCUT2D eigenvalue weighted by atomic mass is 9.49. The van der Waals surface area contributed by atoms with Gasteiger partial charge in [-0.15, -0.1) is 0 Å². The molecule has 0 radical (unpaired) electrons. The van der Waals surface area contributed by atoms with E-state index >= 15 is 0 Å². The molecule has 6 heteroatoms. The average molecular weight is 350 g/mol. The second-order valence-corrected chi connectivity index (χ2v) is 8.87. The van der Waals surface area contributed by atoms with Crippen molar-refractivity contribution in [2.45, 2.75) is 71.4 Å². The first kappa shape index (κ1) is 18.2. The molecule has 4 aliphatic rings. The standard InChI is InChI=1S/C19H30N2O4/c1-10(2)15(17(23)25-11(3)16(20)22)21-18(24)19-7-12-4-13(8-19)6-14(5-12)9-19/h10-15H,4-9H2,1-3H3,(H2,20,22)(H,21,24)/t11-,12?,13?,14?,15+,19?/m0/s1. The van der Waals surface area contributed by atoms with E-state index in [0.29, 0.717) is 17.8 Å². The van der Waals surface area contributed by atoms with E-state index in [1.807, 2.05) is 13.8 Å². The molecule has 2 amide bonds. The lowest BCUT2D eigenvalue weighted by Gasteiger charge is -2.55. The van der Waals surface area contributed by atoms with Crippen molar-refractivity contribution in [3.05, 3.63) is 0 Å². The van der Waals surface area contributed by atoms with Crippen LogP contribution in [-0.4, -0.2) is 29.9 Å². The fourth-order valence-corrected chi connectivity index (χ4v) is 5.49. The number of hydrogen-bond donors (Lipinski definition) is 2. The van der Waals surface area contributed by atoms with Gasteiger partial charge in [0.05, 0.1) is 0 Å². The molecule has 2 atom stereocenters. The molecule has 6 nitrogen and oxygen atoms in total. The third-order valence-electron chi connectivity index (χ3n) is 6.42. The molecule has 4 rings (SSSR count). The molecule has 0 heterocycles. The number of hydrogen-bond acceptors (Lipinski definition) is 4. The van der Waals surface area contributed by atoms with Crippen LogP contribution in [0.3, 0.4) is 0 Å². The predicted octanol–water partition coefficient (Wildman–Crippen LogP) is 1.76. The molecule has 4 bridgehead atoms. The van der Waals surface area contributed by atoms with Gasteiger partial charge >= 0.3 is 5.97 Å². The number of ether oxygens (including phenoxy) is 1. The van der Waals surface area contributed by atoms with Crippen LogP contribution in [0.25, 0.3) is 0 Å². The summed E-state index contributed by atoms with van der Waals surface area (Å²) in [5.74, 6) is 0.589. The van der Waals surface area contributed by atoms with Crippen molar-refractivity contribution >= 4 is 17.8 Å². The van der Waals surface area contributed by atoms with Gasteiger partial charge in [0.15, 0.2) is 6.10 Å². The molecule has 140 valence electrons. The van der Waals surface area contributed by atoms with Crippen molar-refractivity contribution in [1.29, 1.82) is 0 Å². The monoisotopic (exact) mass is 350 g/mol. The maximum Gasteiger partial charge on any atom is 0.329 e. The van der Waals surface area contributed by atoms with Crippen LogP contribution < -0.4 is 11.1 Å². The Hall–Kier alpha value is -1.59. The van der Waals surface area contributed by atoms with Gasteiger partial charge in [0.1, 0.15) is 6.04 Å². The molecular weight excluding hydrogens is 320 g/mol. The minimum Gasteiger partial charge on any atom is -0.451 e. The highest BCUT2D eigenvalue weighted by Crippen LogP contribution is 2.60. The summed E-state index contributed by atoms with van der Waals surface area (Å²) in [4.78, 5) is 36.7. The fraction of sp³-hybridized carbons (Fsp3) is 0.842. The molecule has 0 aliphatic heterocycles. The molecular formula is C19H30N2O4. The zero-order chi connectivity index (χ0) is 18.4. The van der Waals surface area contributed by atoms with E-state index in [4.69, 9.17) is 10.5 Å². The molecule has 4 saturated carbocycles. The van der Waals surface area contributed by atoms with E-state index in [2.05, 4.69) is 5.32 Å². The van der Waals surface area contributed by atoms with Crippen molar-refractivity contribution in [3.63, 3.8) is 0 Å². The summed E-state index contributed by atoms with van der Waals surface area (Å²) in [7, 11) is 0. The van der Waals surface area contributed by atoms with E-state index in [9.17, 15) is 14.4 Å². The van der Waals surface area contributed by atoms with E-state index in [1.54, 1.807) is 0 Å². The van der Waals surface area contributed by atoms with Crippen LogP contribution in [0.15, 0.2) is 0 Å². The molecule has 0 aromatic rings. The normalized spacial score (nSPS) is 35.3. The maximum atomic E-state index is 13.1. The highest BCUT2D eigenvalue weighted by atomic mass is 16.5. The van der Waals surface area contributed by atoms with Crippen molar-refractivity contribution in [2.75, 3.05) is 0 Å². The molecule has 0 saturated heterocycles. The molecule has 4 fully saturated rings. The SMILES string of the molecule is CC(C)[C@@H](NC(=O)C12CC3CC(CC(C3)C1)C2)C(=O)O[C@@H](C)C(N)=O. The summed E-state index contributed by atoms with van der Waals surface area (Å²) in [6.45, 7) is 5.17. The third kappa shape index (κ3) is 3.53. The predicted molar refractivity (Wildman–Crippen MR) is 92.1 cm³/mol. The van der Waals surface area contributed by atoms with Gasteiger partial charge in [-0.2, -0.15) is 0 Å². The minimum atomic E-state index is -0.995. The van der Waals surface area contributed by atoms with Gasteiger partial charge < -0.3 is 15.8 Å². The lowest BCUT2D eigenvalue weighted by Crippen LogP contribution is -2.57.